The maximum atomic E-state index is 13.6. The van der Waals surface area contributed by atoms with Crippen molar-refractivity contribution in [3.63, 3.8) is 0 Å². The second-order valence-electron chi connectivity index (χ2n) is 3.84. The highest BCUT2D eigenvalue weighted by Crippen LogP contribution is 2.21. The van der Waals surface area contributed by atoms with Crippen LogP contribution in [0.15, 0.2) is 29.4 Å². The summed E-state index contributed by atoms with van der Waals surface area (Å²) < 4.78 is 41.3. The second-order valence-corrected chi connectivity index (χ2v) is 5.54. The quantitative estimate of drug-likeness (QED) is 0.771. The van der Waals surface area contributed by atoms with E-state index in [4.69, 9.17) is 5.73 Å². The van der Waals surface area contributed by atoms with Crippen molar-refractivity contribution in [2.45, 2.75) is 11.4 Å². The van der Waals surface area contributed by atoms with Crippen molar-refractivity contribution in [1.29, 1.82) is 0 Å². The summed E-state index contributed by atoms with van der Waals surface area (Å²) in [5.74, 6) is -0.496. The Bertz CT molecular complexity index is 677. The van der Waals surface area contributed by atoms with Gasteiger partial charge in [-0.3, -0.25) is 0 Å². The standard InChI is InChI=1S/C10H12FN5O2S/c1-16-6-13-15-9(16)5-14-19(17,18)10-7(11)3-2-4-8(10)12/h2-4,6,14H,5,12H2,1H3. The Labute approximate surface area is 109 Å². The molecule has 1 heterocycles. The lowest BCUT2D eigenvalue weighted by molar-refractivity contribution is 0.555. The van der Waals surface area contributed by atoms with Crippen LogP contribution in [0.1, 0.15) is 5.82 Å². The fourth-order valence-corrected chi connectivity index (χ4v) is 2.67. The van der Waals surface area contributed by atoms with Crippen LogP contribution < -0.4 is 10.5 Å². The number of halogens is 1. The zero-order chi connectivity index (χ0) is 14.0. The van der Waals surface area contributed by atoms with E-state index in [9.17, 15) is 12.8 Å². The van der Waals surface area contributed by atoms with Gasteiger partial charge in [0.1, 0.15) is 22.9 Å². The van der Waals surface area contributed by atoms with Crippen LogP contribution in [0.4, 0.5) is 10.1 Å². The van der Waals surface area contributed by atoms with Crippen molar-refractivity contribution in [1.82, 2.24) is 19.5 Å². The number of hydrogen-bond donors (Lipinski definition) is 2. The second kappa shape index (κ2) is 4.94. The molecule has 1 aromatic carbocycles. The summed E-state index contributed by atoms with van der Waals surface area (Å²) in [5, 5.41) is 7.33. The Kier molecular flexibility index (Phi) is 3.49. The molecule has 0 amide bonds. The van der Waals surface area contributed by atoms with E-state index in [1.165, 1.54) is 18.5 Å². The molecular formula is C10H12FN5O2S. The summed E-state index contributed by atoms with van der Waals surface area (Å²) >= 11 is 0. The number of hydrogen-bond acceptors (Lipinski definition) is 5. The first-order valence-electron chi connectivity index (χ1n) is 5.28. The molecule has 0 fully saturated rings. The Morgan fingerprint density at radius 3 is 2.79 bits per heavy atom. The molecule has 0 aliphatic carbocycles. The first-order valence-corrected chi connectivity index (χ1v) is 6.76. The predicted molar refractivity (Wildman–Crippen MR) is 65.8 cm³/mol. The minimum absolute atomic E-state index is 0.105. The number of nitrogens with zero attached hydrogens (tertiary/aromatic N) is 3. The third-order valence-corrected chi connectivity index (χ3v) is 3.98. The van der Waals surface area contributed by atoms with Crippen LogP contribution in [0, 0.1) is 5.82 Å². The summed E-state index contributed by atoms with van der Waals surface area (Å²) in [6.45, 7) is -0.105. The van der Waals surface area contributed by atoms with Gasteiger partial charge in [0.2, 0.25) is 10.0 Å². The van der Waals surface area contributed by atoms with Gasteiger partial charge in [-0.1, -0.05) is 6.07 Å². The molecule has 3 N–H and O–H groups in total. The van der Waals surface area contributed by atoms with E-state index in [-0.39, 0.29) is 12.2 Å². The molecule has 0 spiro atoms. The molecule has 0 saturated carbocycles. The number of nitrogen functional groups attached to an aromatic ring is 1. The van der Waals surface area contributed by atoms with Gasteiger partial charge in [-0.05, 0) is 12.1 Å². The van der Waals surface area contributed by atoms with Gasteiger partial charge in [0.15, 0.2) is 0 Å². The Balaban J connectivity index is 2.26. The van der Waals surface area contributed by atoms with Gasteiger partial charge < -0.3 is 10.3 Å². The fourth-order valence-electron chi connectivity index (χ4n) is 1.51. The normalized spacial score (nSPS) is 11.7. The molecule has 0 atom stereocenters. The van der Waals surface area contributed by atoms with E-state index in [2.05, 4.69) is 14.9 Å². The van der Waals surface area contributed by atoms with Gasteiger partial charge >= 0.3 is 0 Å². The number of benzene rings is 1. The van der Waals surface area contributed by atoms with Crippen LogP contribution in [-0.2, 0) is 23.6 Å². The van der Waals surface area contributed by atoms with Crippen LogP contribution in [0.2, 0.25) is 0 Å². The van der Waals surface area contributed by atoms with Crippen molar-refractivity contribution < 1.29 is 12.8 Å². The lowest BCUT2D eigenvalue weighted by Crippen LogP contribution is -2.26. The molecule has 7 nitrogen and oxygen atoms in total. The van der Waals surface area contributed by atoms with Crippen molar-refractivity contribution in [2.75, 3.05) is 5.73 Å². The first kappa shape index (κ1) is 13.4. The predicted octanol–water partition coefficient (Wildman–Crippen LogP) is 0.0149. The molecule has 9 heteroatoms. The van der Waals surface area contributed by atoms with Crippen molar-refractivity contribution in [3.8, 4) is 0 Å². The van der Waals surface area contributed by atoms with E-state index in [1.807, 2.05) is 0 Å². The van der Waals surface area contributed by atoms with E-state index < -0.39 is 20.7 Å². The molecule has 1 aromatic heterocycles. The van der Waals surface area contributed by atoms with Gasteiger partial charge in [-0.2, -0.15) is 0 Å². The van der Waals surface area contributed by atoms with Crippen molar-refractivity contribution >= 4 is 15.7 Å². The Hall–Kier alpha value is -2.00. The highest BCUT2D eigenvalue weighted by Gasteiger charge is 2.22. The summed E-state index contributed by atoms with van der Waals surface area (Å²) in [7, 11) is -2.38. The molecule has 0 unspecified atom stereocenters. The van der Waals surface area contributed by atoms with E-state index in [1.54, 1.807) is 11.6 Å². The monoisotopic (exact) mass is 285 g/mol. The number of rotatable bonds is 4. The Morgan fingerprint density at radius 1 is 1.47 bits per heavy atom. The van der Waals surface area contributed by atoms with Gasteiger partial charge in [0, 0.05) is 7.05 Å². The van der Waals surface area contributed by atoms with Crippen molar-refractivity contribution in [3.05, 3.63) is 36.2 Å². The van der Waals surface area contributed by atoms with Crippen LogP contribution >= 0.6 is 0 Å². The zero-order valence-electron chi connectivity index (χ0n) is 10.0. The van der Waals surface area contributed by atoms with Crippen LogP contribution in [0.5, 0.6) is 0 Å². The number of nitrogens with one attached hydrogen (secondary N) is 1. The molecule has 0 radical (unpaired) electrons. The van der Waals surface area contributed by atoms with Gasteiger partial charge in [0.25, 0.3) is 0 Å². The molecule has 19 heavy (non-hydrogen) atoms. The fraction of sp³-hybridized carbons (Fsp3) is 0.200. The number of anilines is 1. The average molecular weight is 285 g/mol. The van der Waals surface area contributed by atoms with E-state index >= 15 is 0 Å². The van der Waals surface area contributed by atoms with E-state index in [0.29, 0.717) is 5.82 Å². The summed E-state index contributed by atoms with van der Waals surface area (Å²) in [6.07, 6.45) is 1.43. The number of sulfonamides is 1. The minimum atomic E-state index is -4.05. The average Bonchev–Trinajstić information content (AvgIpc) is 2.72. The highest BCUT2D eigenvalue weighted by molar-refractivity contribution is 7.89. The highest BCUT2D eigenvalue weighted by atomic mass is 32.2. The van der Waals surface area contributed by atoms with Crippen molar-refractivity contribution in [2.24, 2.45) is 7.05 Å². The molecule has 0 aliphatic heterocycles. The summed E-state index contributed by atoms with van der Waals surface area (Å²) in [6, 6.07) is 3.69. The molecule has 0 aliphatic rings. The summed E-state index contributed by atoms with van der Waals surface area (Å²) in [4.78, 5) is -0.558. The largest absolute Gasteiger partial charge is 0.398 e. The third-order valence-electron chi connectivity index (χ3n) is 2.49. The number of aryl methyl sites for hydroxylation is 1. The van der Waals surface area contributed by atoms with Gasteiger partial charge in [0.05, 0.1) is 12.2 Å². The smallest absolute Gasteiger partial charge is 0.245 e. The molecular weight excluding hydrogens is 273 g/mol. The third kappa shape index (κ3) is 2.71. The zero-order valence-corrected chi connectivity index (χ0v) is 10.9. The van der Waals surface area contributed by atoms with Crippen LogP contribution in [0.25, 0.3) is 0 Å². The molecule has 2 rings (SSSR count). The van der Waals surface area contributed by atoms with E-state index in [0.717, 1.165) is 6.07 Å². The van der Waals surface area contributed by atoms with Crippen LogP contribution in [0.3, 0.4) is 0 Å². The molecule has 0 saturated heterocycles. The van der Waals surface area contributed by atoms with Crippen LogP contribution in [-0.4, -0.2) is 23.2 Å². The SMILES string of the molecule is Cn1cnnc1CNS(=O)(=O)c1c(N)cccc1F. The summed E-state index contributed by atoms with van der Waals surface area (Å²) in [5.41, 5.74) is 5.35. The minimum Gasteiger partial charge on any atom is -0.398 e. The lowest BCUT2D eigenvalue weighted by atomic mass is 10.3. The molecule has 2 aromatic rings. The molecule has 102 valence electrons. The number of aromatic nitrogens is 3. The Morgan fingerprint density at radius 2 is 2.21 bits per heavy atom. The topological polar surface area (TPSA) is 103 Å². The number of nitrogens with two attached hydrogens (primary N) is 1. The molecule has 0 bridgehead atoms. The lowest BCUT2D eigenvalue weighted by Gasteiger charge is -2.09. The maximum Gasteiger partial charge on any atom is 0.245 e. The van der Waals surface area contributed by atoms with Gasteiger partial charge in [-0.25, -0.2) is 17.5 Å². The van der Waals surface area contributed by atoms with Gasteiger partial charge in [-0.15, -0.1) is 10.2 Å². The maximum absolute atomic E-state index is 13.6. The first-order chi connectivity index (χ1) is 8.92.